The number of rotatable bonds is 12. The molecule has 0 amide bonds. The van der Waals surface area contributed by atoms with Crippen LogP contribution in [0.2, 0.25) is 0 Å². The third-order valence-corrected chi connectivity index (χ3v) is 4.85. The molecule has 0 spiro atoms. The standard InChI is InChI=1S/C18H34O7/c1-2-3-4-5-6-7-8-9-10-11-13(19)16(22)18(24)17(23)15(21)14(20)12-25-18/h14-17,20-24H,2-12H2,1H3/t14-,15-,16?,17+,18?/m1/s1. The lowest BCUT2D eigenvalue weighted by Crippen LogP contribution is -2.67. The minimum absolute atomic E-state index is 0.0635. The molecule has 5 atom stereocenters. The van der Waals surface area contributed by atoms with Crippen molar-refractivity contribution in [2.75, 3.05) is 6.61 Å². The van der Waals surface area contributed by atoms with E-state index in [0.29, 0.717) is 6.42 Å². The molecule has 1 saturated heterocycles. The molecule has 7 heteroatoms. The van der Waals surface area contributed by atoms with Crippen molar-refractivity contribution in [2.45, 2.75) is 101 Å². The first-order chi connectivity index (χ1) is 11.8. The Morgan fingerprint density at radius 1 is 1.04 bits per heavy atom. The number of unbranched alkanes of at least 4 members (excludes halogenated alkanes) is 8. The fraction of sp³-hybridized carbons (Fsp3) is 0.944. The molecule has 0 aromatic carbocycles. The Kier molecular flexibility index (Phi) is 10.1. The Hall–Kier alpha value is -0.570. The predicted molar refractivity (Wildman–Crippen MR) is 91.8 cm³/mol. The van der Waals surface area contributed by atoms with E-state index in [-0.39, 0.29) is 6.42 Å². The van der Waals surface area contributed by atoms with Gasteiger partial charge in [-0.05, 0) is 6.42 Å². The molecule has 0 saturated carbocycles. The number of ketones is 1. The molecule has 25 heavy (non-hydrogen) atoms. The van der Waals surface area contributed by atoms with E-state index in [4.69, 9.17) is 4.74 Å². The summed E-state index contributed by atoms with van der Waals surface area (Å²) >= 11 is 0. The van der Waals surface area contributed by atoms with Gasteiger partial charge < -0.3 is 30.3 Å². The number of hydrogen-bond donors (Lipinski definition) is 5. The molecular formula is C18H34O7. The molecule has 0 aromatic heterocycles. The predicted octanol–water partition coefficient (Wildman–Crippen LogP) is 0.639. The number of ether oxygens (including phenoxy) is 1. The van der Waals surface area contributed by atoms with E-state index in [1.54, 1.807) is 0 Å². The Morgan fingerprint density at radius 3 is 2.12 bits per heavy atom. The van der Waals surface area contributed by atoms with Crippen LogP contribution in [0.4, 0.5) is 0 Å². The van der Waals surface area contributed by atoms with Crippen molar-refractivity contribution in [1.29, 1.82) is 0 Å². The maximum atomic E-state index is 12.0. The van der Waals surface area contributed by atoms with Gasteiger partial charge in [-0.15, -0.1) is 0 Å². The summed E-state index contributed by atoms with van der Waals surface area (Å²) in [4.78, 5) is 12.0. The normalized spacial score (nSPS) is 31.0. The van der Waals surface area contributed by atoms with Gasteiger partial charge in [0, 0.05) is 6.42 Å². The highest BCUT2D eigenvalue weighted by atomic mass is 16.7. The van der Waals surface area contributed by atoms with Gasteiger partial charge in [0.05, 0.1) is 6.61 Å². The van der Waals surface area contributed by atoms with Gasteiger partial charge in [0.2, 0.25) is 5.79 Å². The first kappa shape index (κ1) is 22.5. The van der Waals surface area contributed by atoms with Crippen molar-refractivity contribution in [1.82, 2.24) is 0 Å². The van der Waals surface area contributed by atoms with Crippen LogP contribution in [0.3, 0.4) is 0 Å². The zero-order chi connectivity index (χ0) is 18.9. The van der Waals surface area contributed by atoms with Crippen molar-refractivity contribution >= 4 is 5.78 Å². The quantitative estimate of drug-likeness (QED) is 0.322. The molecule has 148 valence electrons. The zero-order valence-corrected chi connectivity index (χ0v) is 15.1. The number of aliphatic hydroxyl groups is 5. The lowest BCUT2D eigenvalue weighted by atomic mass is 9.89. The number of carbonyl (C=O) groups is 1. The van der Waals surface area contributed by atoms with Gasteiger partial charge in [0.1, 0.15) is 18.3 Å². The van der Waals surface area contributed by atoms with E-state index < -0.39 is 42.6 Å². The van der Waals surface area contributed by atoms with Gasteiger partial charge in [-0.1, -0.05) is 58.3 Å². The summed E-state index contributed by atoms with van der Waals surface area (Å²) in [5.74, 6) is -3.23. The van der Waals surface area contributed by atoms with Crippen LogP contribution in [-0.4, -0.2) is 68.1 Å². The number of aliphatic hydroxyl groups excluding tert-OH is 4. The highest BCUT2D eigenvalue weighted by molar-refractivity contribution is 5.84. The second-order valence-electron chi connectivity index (χ2n) is 7.01. The lowest BCUT2D eigenvalue weighted by molar-refractivity contribution is -0.345. The number of Topliss-reactive ketones (excluding diaryl/α,β-unsaturated/α-hetero) is 1. The molecule has 1 heterocycles. The molecule has 1 rings (SSSR count). The summed E-state index contributed by atoms with van der Waals surface area (Å²) < 4.78 is 4.86. The van der Waals surface area contributed by atoms with E-state index >= 15 is 0 Å². The topological polar surface area (TPSA) is 127 Å². The summed E-state index contributed by atoms with van der Waals surface area (Å²) in [6, 6.07) is 0. The fourth-order valence-corrected chi connectivity index (χ4v) is 3.08. The van der Waals surface area contributed by atoms with Crippen LogP contribution in [-0.2, 0) is 9.53 Å². The van der Waals surface area contributed by atoms with Crippen LogP contribution < -0.4 is 0 Å². The van der Waals surface area contributed by atoms with E-state index in [1.165, 1.54) is 32.1 Å². The largest absolute Gasteiger partial charge is 0.388 e. The Bertz CT molecular complexity index is 390. The van der Waals surface area contributed by atoms with Crippen LogP contribution in [0.15, 0.2) is 0 Å². The summed E-state index contributed by atoms with van der Waals surface area (Å²) in [6.45, 7) is 1.71. The molecule has 0 radical (unpaired) electrons. The summed E-state index contributed by atoms with van der Waals surface area (Å²) in [7, 11) is 0. The first-order valence-electron chi connectivity index (χ1n) is 9.45. The molecule has 7 nitrogen and oxygen atoms in total. The van der Waals surface area contributed by atoms with Gasteiger partial charge in [-0.25, -0.2) is 0 Å². The van der Waals surface area contributed by atoms with E-state index in [1.807, 2.05) is 0 Å². The van der Waals surface area contributed by atoms with Crippen molar-refractivity contribution < 1.29 is 35.1 Å². The van der Waals surface area contributed by atoms with E-state index in [0.717, 1.165) is 19.3 Å². The lowest BCUT2D eigenvalue weighted by Gasteiger charge is -2.43. The van der Waals surface area contributed by atoms with Crippen molar-refractivity contribution in [2.24, 2.45) is 0 Å². The van der Waals surface area contributed by atoms with Gasteiger partial charge in [0.15, 0.2) is 11.9 Å². The molecule has 0 bridgehead atoms. The summed E-state index contributed by atoms with van der Waals surface area (Å²) in [6.07, 6.45) is 2.85. The average Bonchev–Trinajstić information content (AvgIpc) is 2.61. The van der Waals surface area contributed by atoms with E-state index in [2.05, 4.69) is 6.92 Å². The minimum Gasteiger partial charge on any atom is -0.388 e. The molecule has 1 aliphatic heterocycles. The maximum absolute atomic E-state index is 12.0. The summed E-state index contributed by atoms with van der Waals surface area (Å²) in [5, 5.41) is 49.0. The second-order valence-corrected chi connectivity index (χ2v) is 7.01. The molecule has 5 N–H and O–H groups in total. The molecular weight excluding hydrogens is 328 g/mol. The fourth-order valence-electron chi connectivity index (χ4n) is 3.08. The molecule has 1 aliphatic rings. The van der Waals surface area contributed by atoms with Gasteiger partial charge in [-0.2, -0.15) is 0 Å². The number of carbonyl (C=O) groups excluding carboxylic acids is 1. The van der Waals surface area contributed by atoms with Gasteiger partial charge in [-0.3, -0.25) is 4.79 Å². The maximum Gasteiger partial charge on any atom is 0.229 e. The summed E-state index contributed by atoms with van der Waals surface area (Å²) in [5.41, 5.74) is 0. The molecule has 2 unspecified atom stereocenters. The molecule has 0 aromatic rings. The van der Waals surface area contributed by atoms with Gasteiger partial charge >= 0.3 is 0 Å². The van der Waals surface area contributed by atoms with Gasteiger partial charge in [0.25, 0.3) is 0 Å². The van der Waals surface area contributed by atoms with Crippen molar-refractivity contribution in [3.63, 3.8) is 0 Å². The Labute approximate surface area is 149 Å². The average molecular weight is 362 g/mol. The highest BCUT2D eigenvalue weighted by Crippen LogP contribution is 2.28. The van der Waals surface area contributed by atoms with Crippen LogP contribution in [0.1, 0.15) is 71.1 Å². The Balaban J connectivity index is 2.25. The smallest absolute Gasteiger partial charge is 0.229 e. The third-order valence-electron chi connectivity index (χ3n) is 4.85. The molecule has 1 fully saturated rings. The highest BCUT2D eigenvalue weighted by Gasteiger charge is 2.54. The molecule has 0 aliphatic carbocycles. The second kappa shape index (κ2) is 11.2. The van der Waals surface area contributed by atoms with Crippen molar-refractivity contribution in [3.05, 3.63) is 0 Å². The van der Waals surface area contributed by atoms with Crippen LogP contribution in [0.5, 0.6) is 0 Å². The minimum atomic E-state index is -2.59. The number of hydrogen-bond acceptors (Lipinski definition) is 7. The zero-order valence-electron chi connectivity index (χ0n) is 15.1. The van der Waals surface area contributed by atoms with Crippen LogP contribution >= 0.6 is 0 Å². The monoisotopic (exact) mass is 362 g/mol. The van der Waals surface area contributed by atoms with E-state index in [9.17, 15) is 30.3 Å². The third kappa shape index (κ3) is 6.58. The SMILES string of the molecule is CCCCCCCCCCCC(=O)C(O)C1(O)OC[C@@H](O)[C@@H](O)[C@@H]1O. The van der Waals surface area contributed by atoms with Crippen LogP contribution in [0.25, 0.3) is 0 Å². The van der Waals surface area contributed by atoms with Crippen molar-refractivity contribution in [3.8, 4) is 0 Å². The first-order valence-corrected chi connectivity index (χ1v) is 9.45. The Morgan fingerprint density at radius 2 is 1.56 bits per heavy atom. The van der Waals surface area contributed by atoms with Crippen LogP contribution in [0, 0.1) is 0 Å².